The van der Waals surface area contributed by atoms with Gasteiger partial charge in [0.05, 0.1) is 10.6 Å². The second-order valence-corrected chi connectivity index (χ2v) is 7.31. The van der Waals surface area contributed by atoms with Gasteiger partial charge in [0.1, 0.15) is 4.60 Å². The monoisotopic (exact) mass is 395 g/mol. The van der Waals surface area contributed by atoms with Crippen molar-refractivity contribution in [3.63, 3.8) is 0 Å². The number of nitrogens with two attached hydrogens (primary N) is 1. The molecular formula is C14H14BrN5O2S. The van der Waals surface area contributed by atoms with Gasteiger partial charge < -0.3 is 5.32 Å². The van der Waals surface area contributed by atoms with Crippen molar-refractivity contribution >= 4 is 37.4 Å². The molecule has 0 aliphatic rings. The molecule has 3 rings (SSSR count). The third-order valence-electron chi connectivity index (χ3n) is 3.35. The lowest BCUT2D eigenvalue weighted by molar-refractivity contribution is 0.598. The molecular weight excluding hydrogens is 382 g/mol. The summed E-state index contributed by atoms with van der Waals surface area (Å²) in [5.41, 5.74) is 2.50. The van der Waals surface area contributed by atoms with E-state index in [1.165, 1.54) is 12.1 Å². The third-order valence-corrected chi connectivity index (χ3v) is 5.24. The minimum atomic E-state index is -3.67. The number of fused-ring (bicyclic) bond motifs is 1. The van der Waals surface area contributed by atoms with Gasteiger partial charge in [0, 0.05) is 18.9 Å². The van der Waals surface area contributed by atoms with Crippen molar-refractivity contribution in [2.75, 3.05) is 5.32 Å². The van der Waals surface area contributed by atoms with E-state index in [1.54, 1.807) is 18.3 Å². The van der Waals surface area contributed by atoms with Crippen molar-refractivity contribution in [1.82, 2.24) is 14.4 Å². The molecule has 0 atom stereocenters. The number of aromatic nitrogens is 3. The molecule has 0 aliphatic carbocycles. The number of halogens is 1. The van der Waals surface area contributed by atoms with E-state index in [-0.39, 0.29) is 4.90 Å². The molecule has 0 saturated carbocycles. The van der Waals surface area contributed by atoms with Gasteiger partial charge in [-0.1, -0.05) is 12.1 Å². The highest BCUT2D eigenvalue weighted by molar-refractivity contribution is 9.10. The molecule has 0 spiro atoms. The summed E-state index contributed by atoms with van der Waals surface area (Å²) < 4.78 is 25.3. The molecule has 0 bridgehead atoms. The Morgan fingerprint density at radius 3 is 2.65 bits per heavy atom. The van der Waals surface area contributed by atoms with E-state index in [2.05, 4.69) is 31.2 Å². The maximum Gasteiger partial charge on any atom is 0.238 e. The van der Waals surface area contributed by atoms with Gasteiger partial charge >= 0.3 is 0 Å². The number of hydrogen-bond donors (Lipinski definition) is 2. The van der Waals surface area contributed by atoms with Crippen LogP contribution < -0.4 is 10.5 Å². The first-order valence-electron chi connectivity index (χ1n) is 6.71. The highest BCUT2D eigenvalue weighted by Gasteiger charge is 2.11. The second-order valence-electron chi connectivity index (χ2n) is 5.00. The summed E-state index contributed by atoms with van der Waals surface area (Å²) in [5.74, 6) is 0.650. The van der Waals surface area contributed by atoms with Crippen LogP contribution in [0.5, 0.6) is 0 Å². The zero-order chi connectivity index (χ0) is 16.6. The van der Waals surface area contributed by atoms with Gasteiger partial charge in [-0.2, -0.15) is 0 Å². The first kappa shape index (κ1) is 15.9. The normalized spacial score (nSPS) is 11.8. The Hall–Kier alpha value is -1.97. The Bertz CT molecular complexity index is 967. The highest BCUT2D eigenvalue weighted by atomic mass is 79.9. The van der Waals surface area contributed by atoms with Crippen molar-refractivity contribution < 1.29 is 8.42 Å². The third kappa shape index (κ3) is 3.21. The maximum atomic E-state index is 11.2. The van der Waals surface area contributed by atoms with E-state index >= 15 is 0 Å². The van der Waals surface area contributed by atoms with Gasteiger partial charge in [0.2, 0.25) is 10.0 Å². The van der Waals surface area contributed by atoms with Crippen molar-refractivity contribution in [2.24, 2.45) is 5.14 Å². The summed E-state index contributed by atoms with van der Waals surface area (Å²) in [6, 6.07) is 6.38. The van der Waals surface area contributed by atoms with Gasteiger partial charge in [-0.25, -0.2) is 23.5 Å². The van der Waals surface area contributed by atoms with Crippen LogP contribution in [0, 0.1) is 6.92 Å². The van der Waals surface area contributed by atoms with Crippen molar-refractivity contribution in [3.8, 4) is 0 Å². The van der Waals surface area contributed by atoms with Crippen molar-refractivity contribution in [3.05, 3.63) is 52.5 Å². The number of sulfonamides is 1. The zero-order valence-electron chi connectivity index (χ0n) is 12.2. The van der Waals surface area contributed by atoms with E-state index in [0.29, 0.717) is 12.4 Å². The summed E-state index contributed by atoms with van der Waals surface area (Å²) in [5, 5.41) is 8.29. The topological polar surface area (TPSA) is 102 Å². The lowest BCUT2D eigenvalue weighted by atomic mass is 10.2. The van der Waals surface area contributed by atoms with Crippen molar-refractivity contribution in [1.29, 1.82) is 0 Å². The van der Waals surface area contributed by atoms with Crippen LogP contribution in [0.25, 0.3) is 5.65 Å². The zero-order valence-corrected chi connectivity index (χ0v) is 14.6. The Kier molecular flexibility index (Phi) is 4.09. The van der Waals surface area contributed by atoms with Gasteiger partial charge in [-0.15, -0.1) is 0 Å². The molecule has 0 saturated heterocycles. The van der Waals surface area contributed by atoms with E-state index in [9.17, 15) is 8.42 Å². The van der Waals surface area contributed by atoms with E-state index in [0.717, 1.165) is 21.5 Å². The molecule has 0 aliphatic heterocycles. The molecule has 0 unspecified atom stereocenters. The van der Waals surface area contributed by atoms with E-state index < -0.39 is 10.0 Å². The number of imidazole rings is 1. The summed E-state index contributed by atoms with van der Waals surface area (Å²) in [7, 11) is -3.67. The molecule has 2 heterocycles. The highest BCUT2D eigenvalue weighted by Crippen LogP contribution is 2.22. The molecule has 3 aromatic rings. The molecule has 0 fully saturated rings. The summed E-state index contributed by atoms with van der Waals surface area (Å²) >= 11 is 3.48. The number of anilines is 1. The minimum absolute atomic E-state index is 0.0919. The molecule has 3 N–H and O–H groups in total. The number of nitrogens with one attached hydrogen (secondary N) is 1. The number of benzene rings is 1. The Balaban J connectivity index is 1.82. The SMILES string of the molecule is Cc1nc2c(NCc3ccc(S(N)(=O)=O)cc3)nccn2c1Br. The van der Waals surface area contributed by atoms with Crippen LogP contribution >= 0.6 is 15.9 Å². The average Bonchev–Trinajstić information content (AvgIpc) is 2.81. The van der Waals surface area contributed by atoms with Crippen LogP contribution in [0.2, 0.25) is 0 Å². The van der Waals surface area contributed by atoms with Gasteiger partial charge in [-0.3, -0.25) is 4.40 Å². The molecule has 120 valence electrons. The fourth-order valence-electron chi connectivity index (χ4n) is 2.17. The predicted octanol–water partition coefficient (Wildman–Crippen LogP) is 2.06. The fourth-order valence-corrected chi connectivity index (χ4v) is 3.06. The largest absolute Gasteiger partial charge is 0.363 e. The van der Waals surface area contributed by atoms with E-state index in [1.807, 2.05) is 17.5 Å². The van der Waals surface area contributed by atoms with Crippen LogP contribution in [0.15, 0.2) is 46.2 Å². The number of rotatable bonds is 4. The molecule has 0 radical (unpaired) electrons. The number of hydrogen-bond acceptors (Lipinski definition) is 5. The van der Waals surface area contributed by atoms with Gasteiger partial charge in [0.25, 0.3) is 0 Å². The molecule has 7 nitrogen and oxygen atoms in total. The second kappa shape index (κ2) is 5.91. The van der Waals surface area contributed by atoms with Crippen LogP contribution in [0.1, 0.15) is 11.3 Å². The molecule has 23 heavy (non-hydrogen) atoms. The quantitative estimate of drug-likeness (QED) is 0.703. The summed E-state index contributed by atoms with van der Waals surface area (Å²) in [6.45, 7) is 2.40. The minimum Gasteiger partial charge on any atom is -0.363 e. The van der Waals surface area contributed by atoms with E-state index in [4.69, 9.17) is 5.14 Å². The fraction of sp³-hybridized carbons (Fsp3) is 0.143. The lowest BCUT2D eigenvalue weighted by Crippen LogP contribution is -2.12. The summed E-state index contributed by atoms with van der Waals surface area (Å²) in [6.07, 6.45) is 3.51. The molecule has 0 amide bonds. The van der Waals surface area contributed by atoms with Gasteiger partial charge in [0.15, 0.2) is 11.5 Å². The molecule has 9 heteroatoms. The first-order valence-corrected chi connectivity index (χ1v) is 9.05. The first-order chi connectivity index (χ1) is 10.9. The smallest absolute Gasteiger partial charge is 0.238 e. The van der Waals surface area contributed by atoms with Crippen LogP contribution in [0.4, 0.5) is 5.82 Å². The lowest BCUT2D eigenvalue weighted by Gasteiger charge is -2.07. The van der Waals surface area contributed by atoms with Gasteiger partial charge in [-0.05, 0) is 40.5 Å². The number of nitrogens with zero attached hydrogens (tertiary/aromatic N) is 3. The van der Waals surface area contributed by atoms with Crippen LogP contribution in [0.3, 0.4) is 0 Å². The Morgan fingerprint density at radius 2 is 2.00 bits per heavy atom. The number of aryl methyl sites for hydroxylation is 1. The van der Waals surface area contributed by atoms with Crippen molar-refractivity contribution in [2.45, 2.75) is 18.4 Å². The number of primary sulfonamides is 1. The standard InChI is InChI=1S/C14H14BrN5O2S/c1-9-12(15)20-7-6-17-13(14(20)19-9)18-8-10-2-4-11(5-3-10)23(16,21)22/h2-7H,8H2,1H3,(H,17,18)(H2,16,21,22). The van der Waals surface area contributed by atoms with Crippen LogP contribution in [-0.2, 0) is 16.6 Å². The Morgan fingerprint density at radius 1 is 1.30 bits per heavy atom. The van der Waals surface area contributed by atoms with Crippen LogP contribution in [-0.4, -0.2) is 22.8 Å². The molecule has 1 aromatic carbocycles. The molecule has 2 aromatic heterocycles. The predicted molar refractivity (Wildman–Crippen MR) is 90.6 cm³/mol. The Labute approximate surface area is 141 Å². The summed E-state index contributed by atoms with van der Waals surface area (Å²) in [4.78, 5) is 8.86. The maximum absolute atomic E-state index is 11.2. The average molecular weight is 396 g/mol.